The first kappa shape index (κ1) is 20.7. The molecular weight excluding hydrogens is 414 g/mol. The van der Waals surface area contributed by atoms with Crippen molar-refractivity contribution < 1.29 is 9.53 Å². The summed E-state index contributed by atoms with van der Waals surface area (Å²) in [5.41, 5.74) is 3.08. The lowest BCUT2D eigenvalue weighted by atomic mass is 10.1. The van der Waals surface area contributed by atoms with E-state index in [1.165, 1.54) is 24.9 Å². The maximum absolute atomic E-state index is 12.7. The van der Waals surface area contributed by atoms with Crippen LogP contribution in [-0.4, -0.2) is 38.0 Å². The summed E-state index contributed by atoms with van der Waals surface area (Å²) in [7, 11) is 1.27. The molecule has 0 aliphatic rings. The number of rotatable bonds is 5. The van der Waals surface area contributed by atoms with Gasteiger partial charge in [-0.1, -0.05) is 42.1 Å². The van der Waals surface area contributed by atoms with E-state index in [2.05, 4.69) is 24.9 Å². The lowest BCUT2D eigenvalue weighted by Gasteiger charge is -2.08. The van der Waals surface area contributed by atoms with Crippen LogP contribution >= 0.6 is 11.8 Å². The Balaban J connectivity index is 1.65. The summed E-state index contributed by atoms with van der Waals surface area (Å²) < 4.78 is 4.78. The van der Waals surface area contributed by atoms with Gasteiger partial charge in [0.05, 0.1) is 23.8 Å². The molecule has 31 heavy (non-hydrogen) atoms. The maximum Gasteiger partial charge on any atom is 0.338 e. The second-order valence-corrected chi connectivity index (χ2v) is 7.82. The maximum atomic E-state index is 12.7. The molecule has 0 radical (unpaired) electrons. The van der Waals surface area contributed by atoms with Crippen LogP contribution in [0.5, 0.6) is 0 Å². The van der Waals surface area contributed by atoms with Crippen LogP contribution in [0.4, 0.5) is 0 Å². The molecule has 4 aromatic rings. The number of carbonyl (C=O) groups excluding carboxylic acids is 1. The Labute approximate surface area is 182 Å². The lowest BCUT2D eigenvalue weighted by Crippen LogP contribution is -2.16. The molecule has 3 heterocycles. The van der Waals surface area contributed by atoms with Gasteiger partial charge in [0.2, 0.25) is 0 Å². The van der Waals surface area contributed by atoms with E-state index in [9.17, 15) is 9.59 Å². The molecule has 4 rings (SSSR count). The summed E-state index contributed by atoms with van der Waals surface area (Å²) in [6.07, 6.45) is 0. The summed E-state index contributed by atoms with van der Waals surface area (Å²) >= 11 is 1.33. The van der Waals surface area contributed by atoms with E-state index in [4.69, 9.17) is 4.74 Å². The number of thioether (sulfide) groups is 1. The fraction of sp³-hybridized carbons (Fsp3) is 0.182. The van der Waals surface area contributed by atoms with Crippen molar-refractivity contribution in [3.63, 3.8) is 0 Å². The minimum atomic E-state index is -0.604. The zero-order valence-corrected chi connectivity index (χ0v) is 18.0. The minimum Gasteiger partial charge on any atom is -0.465 e. The van der Waals surface area contributed by atoms with Crippen molar-refractivity contribution in [3.05, 3.63) is 75.5 Å². The van der Waals surface area contributed by atoms with Crippen molar-refractivity contribution in [2.45, 2.75) is 24.8 Å². The zero-order valence-electron chi connectivity index (χ0n) is 17.2. The van der Waals surface area contributed by atoms with E-state index in [1.54, 1.807) is 6.92 Å². The molecule has 156 valence electrons. The standard InChI is InChI=1S/C22H19N5O3S/c1-12-9-15(25-18(23-12)14-7-5-4-6-8-14)11-31-22-26-19-17(20(28)27-22)16(21(29)30-3)10-13(2)24-19/h4-10H,11H2,1-3H3,(H,24,26,27,28). The number of H-pyrrole nitrogens is 1. The number of aromatic amines is 1. The number of ether oxygens (including phenoxy) is 1. The summed E-state index contributed by atoms with van der Waals surface area (Å²) in [5.74, 6) is 0.525. The summed E-state index contributed by atoms with van der Waals surface area (Å²) in [6.45, 7) is 3.65. The highest BCUT2D eigenvalue weighted by atomic mass is 32.2. The van der Waals surface area contributed by atoms with Crippen molar-refractivity contribution in [1.29, 1.82) is 0 Å². The van der Waals surface area contributed by atoms with Crippen LogP contribution in [0.1, 0.15) is 27.4 Å². The number of nitrogens with zero attached hydrogens (tertiary/aromatic N) is 4. The van der Waals surface area contributed by atoms with Gasteiger partial charge in [0.15, 0.2) is 16.6 Å². The smallest absolute Gasteiger partial charge is 0.338 e. The lowest BCUT2D eigenvalue weighted by molar-refractivity contribution is 0.0602. The highest BCUT2D eigenvalue weighted by Crippen LogP contribution is 2.22. The molecule has 0 aliphatic heterocycles. The van der Waals surface area contributed by atoms with E-state index in [-0.39, 0.29) is 16.6 Å². The van der Waals surface area contributed by atoms with Gasteiger partial charge >= 0.3 is 5.97 Å². The number of pyridine rings is 1. The van der Waals surface area contributed by atoms with E-state index in [0.29, 0.717) is 22.4 Å². The van der Waals surface area contributed by atoms with Crippen LogP contribution in [0.2, 0.25) is 0 Å². The fourth-order valence-electron chi connectivity index (χ4n) is 3.15. The van der Waals surface area contributed by atoms with E-state index >= 15 is 0 Å². The number of esters is 1. The number of nitrogens with one attached hydrogen (secondary N) is 1. The third-order valence-electron chi connectivity index (χ3n) is 4.48. The number of fused-ring (bicyclic) bond motifs is 1. The second kappa shape index (κ2) is 8.65. The fourth-order valence-corrected chi connectivity index (χ4v) is 3.90. The quantitative estimate of drug-likeness (QED) is 0.289. The molecule has 8 nitrogen and oxygen atoms in total. The molecule has 0 fully saturated rings. The predicted molar refractivity (Wildman–Crippen MR) is 118 cm³/mol. The topological polar surface area (TPSA) is 111 Å². The van der Waals surface area contributed by atoms with Gasteiger partial charge in [-0.15, -0.1) is 0 Å². The van der Waals surface area contributed by atoms with Crippen molar-refractivity contribution in [2.24, 2.45) is 0 Å². The first-order chi connectivity index (χ1) is 14.9. The number of hydrogen-bond acceptors (Lipinski definition) is 8. The van der Waals surface area contributed by atoms with Gasteiger partial charge in [0.1, 0.15) is 0 Å². The van der Waals surface area contributed by atoms with Crippen molar-refractivity contribution >= 4 is 28.8 Å². The highest BCUT2D eigenvalue weighted by molar-refractivity contribution is 7.98. The van der Waals surface area contributed by atoms with Crippen LogP contribution in [0.25, 0.3) is 22.4 Å². The molecule has 0 saturated carbocycles. The number of carbonyl (C=O) groups is 1. The largest absolute Gasteiger partial charge is 0.465 e. The Morgan fingerprint density at radius 2 is 1.77 bits per heavy atom. The number of aryl methyl sites for hydroxylation is 2. The van der Waals surface area contributed by atoms with Crippen molar-refractivity contribution in [2.75, 3.05) is 7.11 Å². The normalized spacial score (nSPS) is 10.9. The third-order valence-corrected chi connectivity index (χ3v) is 5.39. The number of aromatic nitrogens is 5. The molecule has 0 bridgehead atoms. The van der Waals surface area contributed by atoms with Crippen LogP contribution in [0, 0.1) is 13.8 Å². The van der Waals surface area contributed by atoms with Crippen molar-refractivity contribution in [3.8, 4) is 11.4 Å². The molecule has 0 unspecified atom stereocenters. The Hall–Kier alpha value is -3.59. The average Bonchev–Trinajstić information content (AvgIpc) is 2.76. The molecule has 0 amide bonds. The Kier molecular flexibility index (Phi) is 5.77. The Morgan fingerprint density at radius 1 is 1.03 bits per heavy atom. The van der Waals surface area contributed by atoms with Crippen LogP contribution in [0.15, 0.2) is 52.4 Å². The van der Waals surface area contributed by atoms with Gasteiger partial charge in [0.25, 0.3) is 5.56 Å². The Bertz CT molecular complexity index is 1340. The second-order valence-electron chi connectivity index (χ2n) is 6.85. The summed E-state index contributed by atoms with van der Waals surface area (Å²) in [4.78, 5) is 45.4. The zero-order chi connectivity index (χ0) is 22.0. The molecule has 1 N–H and O–H groups in total. The average molecular weight is 433 g/mol. The van der Waals surface area contributed by atoms with E-state index < -0.39 is 11.5 Å². The number of methoxy groups -OCH3 is 1. The summed E-state index contributed by atoms with van der Waals surface area (Å²) in [5, 5.41) is 0.509. The molecule has 0 saturated heterocycles. The first-order valence-corrected chi connectivity index (χ1v) is 10.5. The molecule has 0 spiro atoms. The molecule has 9 heteroatoms. The van der Waals surface area contributed by atoms with Gasteiger partial charge in [-0.25, -0.2) is 24.7 Å². The number of hydrogen-bond donors (Lipinski definition) is 1. The van der Waals surface area contributed by atoms with E-state index in [0.717, 1.165) is 17.0 Å². The number of benzene rings is 1. The molecule has 0 aliphatic carbocycles. The van der Waals surface area contributed by atoms with Gasteiger partial charge in [-0.3, -0.25) is 4.79 Å². The van der Waals surface area contributed by atoms with Gasteiger partial charge in [0, 0.05) is 22.7 Å². The van der Waals surface area contributed by atoms with Crippen LogP contribution < -0.4 is 5.56 Å². The first-order valence-electron chi connectivity index (χ1n) is 9.47. The van der Waals surface area contributed by atoms with Gasteiger partial charge in [-0.2, -0.15) is 0 Å². The third kappa shape index (κ3) is 4.46. The van der Waals surface area contributed by atoms with Gasteiger partial charge < -0.3 is 9.72 Å². The minimum absolute atomic E-state index is 0.117. The van der Waals surface area contributed by atoms with Crippen LogP contribution in [-0.2, 0) is 10.5 Å². The monoisotopic (exact) mass is 433 g/mol. The van der Waals surface area contributed by atoms with Crippen molar-refractivity contribution in [1.82, 2.24) is 24.9 Å². The van der Waals surface area contributed by atoms with Crippen LogP contribution in [0.3, 0.4) is 0 Å². The molecule has 1 aromatic carbocycles. The molecule has 0 atom stereocenters. The van der Waals surface area contributed by atoms with E-state index in [1.807, 2.05) is 43.3 Å². The van der Waals surface area contributed by atoms with Gasteiger partial charge in [-0.05, 0) is 26.0 Å². The SMILES string of the molecule is COC(=O)c1cc(C)nc2nc(SCc3cc(C)nc(-c4ccccc4)n3)[nH]c(=O)c12. The Morgan fingerprint density at radius 3 is 2.52 bits per heavy atom. The highest BCUT2D eigenvalue weighted by Gasteiger charge is 2.17. The molecular formula is C22H19N5O3S. The summed E-state index contributed by atoms with van der Waals surface area (Å²) in [6, 6.07) is 13.2. The predicted octanol–water partition coefficient (Wildman–Crippen LogP) is 3.47. The molecule has 3 aromatic heterocycles.